The zero-order chi connectivity index (χ0) is 13.8. The molecule has 8 nitrogen and oxygen atoms in total. The van der Waals surface area contributed by atoms with Crippen molar-refractivity contribution in [1.29, 1.82) is 0 Å². The number of nitrogens with one attached hydrogen (secondary N) is 1. The van der Waals surface area contributed by atoms with E-state index in [-0.39, 0.29) is 29.6 Å². The van der Waals surface area contributed by atoms with Crippen molar-refractivity contribution in [1.82, 2.24) is 29.7 Å². The monoisotopic (exact) mass is 304 g/mol. The number of alkyl halides is 2. The smallest absolute Gasteiger partial charge is 0.349 e. The van der Waals surface area contributed by atoms with Gasteiger partial charge in [0, 0.05) is 18.3 Å². The van der Waals surface area contributed by atoms with Gasteiger partial charge in [0.05, 0.1) is 6.54 Å². The van der Waals surface area contributed by atoms with Crippen molar-refractivity contribution in [2.75, 3.05) is 18.3 Å². The van der Waals surface area contributed by atoms with E-state index in [1.807, 2.05) is 0 Å². The van der Waals surface area contributed by atoms with Crippen LogP contribution in [0.25, 0.3) is 5.65 Å². The quantitative estimate of drug-likeness (QED) is 0.751. The van der Waals surface area contributed by atoms with Crippen LogP contribution in [0.1, 0.15) is 10.5 Å². The third kappa shape index (κ3) is 2.69. The molecule has 0 spiro atoms. The summed E-state index contributed by atoms with van der Waals surface area (Å²) in [6, 6.07) is 0. The predicted octanol–water partition coefficient (Wildman–Crippen LogP) is -0.507. The Labute approximate surface area is 117 Å². The van der Waals surface area contributed by atoms with Crippen LogP contribution in [-0.4, -0.2) is 48.6 Å². The number of fused-ring (bicyclic) bond motifs is 1. The Morgan fingerprint density at radius 1 is 1.37 bits per heavy atom. The van der Waals surface area contributed by atoms with Crippen molar-refractivity contribution in [3.05, 3.63) is 22.5 Å². The maximum absolute atomic E-state index is 11.9. The van der Waals surface area contributed by atoms with Crippen molar-refractivity contribution >= 4 is 34.8 Å². The number of amides is 1. The first-order chi connectivity index (χ1) is 9.19. The Balaban J connectivity index is 2.42. The number of hydrogen-bond acceptors (Lipinski definition) is 5. The second-order valence-corrected chi connectivity index (χ2v) is 4.27. The van der Waals surface area contributed by atoms with Gasteiger partial charge >= 0.3 is 5.69 Å². The molecule has 2 rings (SSSR count). The number of aromatic nitrogens is 5. The summed E-state index contributed by atoms with van der Waals surface area (Å²) in [5.41, 5.74) is -0.315. The number of carbonyl (C=O) groups excluding carboxylic acids is 1. The molecule has 1 amide bonds. The molecule has 2 heterocycles. The maximum Gasteiger partial charge on any atom is 0.353 e. The third-order valence-corrected chi connectivity index (χ3v) is 2.67. The van der Waals surface area contributed by atoms with Gasteiger partial charge < -0.3 is 5.32 Å². The molecule has 0 radical (unpaired) electrons. The summed E-state index contributed by atoms with van der Waals surface area (Å²) in [6.45, 7) is 0.533. The summed E-state index contributed by atoms with van der Waals surface area (Å²) >= 11 is 11.0. The lowest BCUT2D eigenvalue weighted by Gasteiger charge is -2.02. The second kappa shape index (κ2) is 5.98. The number of imidazole rings is 1. The minimum atomic E-state index is -0.452. The van der Waals surface area contributed by atoms with E-state index in [1.165, 1.54) is 6.33 Å². The summed E-state index contributed by atoms with van der Waals surface area (Å²) in [6.07, 6.45) is 1.23. The molecule has 0 aliphatic heterocycles. The first-order valence-corrected chi connectivity index (χ1v) is 6.47. The van der Waals surface area contributed by atoms with Gasteiger partial charge in [0.2, 0.25) is 0 Å². The van der Waals surface area contributed by atoms with Crippen LogP contribution in [0.2, 0.25) is 0 Å². The fourth-order valence-corrected chi connectivity index (χ4v) is 1.72. The lowest BCUT2D eigenvalue weighted by Crippen LogP contribution is -2.31. The van der Waals surface area contributed by atoms with Crippen LogP contribution in [0.15, 0.2) is 11.1 Å². The number of hydrogen-bond donors (Lipinski definition) is 1. The topological polar surface area (TPSA) is 94.2 Å². The van der Waals surface area contributed by atoms with Gasteiger partial charge in [0.25, 0.3) is 5.91 Å². The summed E-state index contributed by atoms with van der Waals surface area (Å²) in [4.78, 5) is 27.6. The van der Waals surface area contributed by atoms with Crippen LogP contribution in [-0.2, 0) is 6.54 Å². The first kappa shape index (κ1) is 13.8. The normalized spacial score (nSPS) is 10.8. The zero-order valence-electron chi connectivity index (χ0n) is 9.71. The van der Waals surface area contributed by atoms with Crippen LogP contribution in [0.3, 0.4) is 0 Å². The Bertz CT molecular complexity index is 652. The van der Waals surface area contributed by atoms with Gasteiger partial charge in [-0.05, 0) is 0 Å². The third-order valence-electron chi connectivity index (χ3n) is 2.31. The van der Waals surface area contributed by atoms with E-state index in [2.05, 4.69) is 20.6 Å². The van der Waals surface area contributed by atoms with Crippen LogP contribution in [0.4, 0.5) is 0 Å². The van der Waals surface area contributed by atoms with E-state index in [1.54, 1.807) is 0 Å². The zero-order valence-corrected chi connectivity index (χ0v) is 11.2. The highest BCUT2D eigenvalue weighted by Gasteiger charge is 2.17. The lowest BCUT2D eigenvalue weighted by molar-refractivity contribution is 0.0953. The molecule has 0 aliphatic rings. The number of nitrogens with zero attached hydrogens (tertiary/aromatic N) is 5. The number of aryl methyl sites for hydroxylation is 1. The lowest BCUT2D eigenvalue weighted by atomic mass is 10.4. The summed E-state index contributed by atoms with van der Waals surface area (Å²) in [7, 11) is 0. The van der Waals surface area contributed by atoms with E-state index < -0.39 is 11.6 Å². The maximum atomic E-state index is 11.9. The van der Waals surface area contributed by atoms with Crippen molar-refractivity contribution in [2.24, 2.45) is 0 Å². The predicted molar refractivity (Wildman–Crippen MR) is 68.8 cm³/mol. The molecule has 2 aromatic rings. The molecule has 0 bridgehead atoms. The highest BCUT2D eigenvalue weighted by atomic mass is 35.5. The molecule has 19 heavy (non-hydrogen) atoms. The van der Waals surface area contributed by atoms with Gasteiger partial charge in [-0.15, -0.1) is 28.3 Å². The van der Waals surface area contributed by atoms with Gasteiger partial charge in [-0.1, -0.05) is 5.21 Å². The molecular weight excluding hydrogens is 295 g/mol. The SMILES string of the molecule is O=C(NCCCl)c1ncn2c(=O)n(CCCl)nnc12. The number of rotatable bonds is 5. The van der Waals surface area contributed by atoms with Crippen LogP contribution in [0.5, 0.6) is 0 Å². The molecule has 0 saturated carbocycles. The molecule has 0 saturated heterocycles. The van der Waals surface area contributed by atoms with E-state index in [0.29, 0.717) is 6.54 Å². The van der Waals surface area contributed by atoms with Crippen LogP contribution >= 0.6 is 23.2 Å². The van der Waals surface area contributed by atoms with Gasteiger partial charge in [0.15, 0.2) is 11.3 Å². The largest absolute Gasteiger partial charge is 0.353 e. The average molecular weight is 305 g/mol. The molecule has 102 valence electrons. The summed E-state index contributed by atoms with van der Waals surface area (Å²) in [5, 5.41) is 10.0. The fourth-order valence-electron chi connectivity index (χ4n) is 1.46. The fraction of sp³-hybridized carbons (Fsp3) is 0.444. The van der Waals surface area contributed by atoms with Crippen molar-refractivity contribution in [3.63, 3.8) is 0 Å². The van der Waals surface area contributed by atoms with E-state index in [4.69, 9.17) is 23.2 Å². The Hall–Kier alpha value is -1.67. The highest BCUT2D eigenvalue weighted by Crippen LogP contribution is 2.02. The first-order valence-electron chi connectivity index (χ1n) is 5.40. The summed E-state index contributed by atoms with van der Waals surface area (Å²) < 4.78 is 2.25. The number of halogens is 2. The molecule has 0 unspecified atom stereocenters. The van der Waals surface area contributed by atoms with Crippen molar-refractivity contribution in [2.45, 2.75) is 6.54 Å². The molecular formula is C9H10Cl2N6O2. The van der Waals surface area contributed by atoms with E-state index in [0.717, 1.165) is 9.08 Å². The van der Waals surface area contributed by atoms with Crippen LogP contribution < -0.4 is 11.0 Å². The molecule has 0 aromatic carbocycles. The molecule has 10 heteroatoms. The average Bonchev–Trinajstić information content (AvgIpc) is 2.84. The van der Waals surface area contributed by atoms with Crippen LogP contribution in [0, 0.1) is 0 Å². The van der Waals surface area contributed by atoms with Gasteiger partial charge in [0.1, 0.15) is 6.33 Å². The van der Waals surface area contributed by atoms with E-state index >= 15 is 0 Å². The molecule has 1 N–H and O–H groups in total. The standard InChI is InChI=1S/C9H10Cl2N6O2/c10-1-3-12-8(18)6-7-14-15-17(4-2-11)9(19)16(7)5-13-6/h5H,1-4H2,(H,12,18). The minimum absolute atomic E-state index is 0.0349. The number of carbonyl (C=O) groups is 1. The Morgan fingerprint density at radius 2 is 2.16 bits per heavy atom. The van der Waals surface area contributed by atoms with E-state index in [9.17, 15) is 9.59 Å². The Morgan fingerprint density at radius 3 is 2.84 bits per heavy atom. The van der Waals surface area contributed by atoms with Gasteiger partial charge in [-0.25, -0.2) is 14.2 Å². The van der Waals surface area contributed by atoms with Crippen molar-refractivity contribution < 1.29 is 4.79 Å². The minimum Gasteiger partial charge on any atom is -0.349 e. The molecule has 0 atom stereocenters. The highest BCUT2D eigenvalue weighted by molar-refractivity contribution is 6.18. The van der Waals surface area contributed by atoms with Gasteiger partial charge in [-0.2, -0.15) is 4.68 Å². The van der Waals surface area contributed by atoms with Crippen molar-refractivity contribution in [3.8, 4) is 0 Å². The molecule has 2 aromatic heterocycles. The van der Waals surface area contributed by atoms with Gasteiger partial charge in [-0.3, -0.25) is 4.79 Å². The molecule has 0 aliphatic carbocycles. The second-order valence-electron chi connectivity index (χ2n) is 3.52. The summed E-state index contributed by atoms with van der Waals surface area (Å²) in [5.74, 6) is 0.0655. The molecule has 0 fully saturated rings. The Kier molecular flexibility index (Phi) is 4.33.